The standard InChI is InChI=1S/C17H19NO4/c1-2-11-21-15-9-6-10-18(17(15)20)12-16(19)22-13-14-7-4-3-5-8-14/h3-10H,2,11-13H2,1H3. The lowest BCUT2D eigenvalue weighted by molar-refractivity contribution is -0.145. The Kier molecular flexibility index (Phi) is 5.77. The van der Waals surface area contributed by atoms with Gasteiger partial charge in [-0.3, -0.25) is 9.59 Å². The Morgan fingerprint density at radius 1 is 1.14 bits per heavy atom. The van der Waals surface area contributed by atoms with Crippen LogP contribution >= 0.6 is 0 Å². The molecule has 0 aliphatic carbocycles. The molecule has 0 radical (unpaired) electrons. The maximum Gasteiger partial charge on any atom is 0.326 e. The van der Waals surface area contributed by atoms with Crippen molar-refractivity contribution in [3.8, 4) is 5.75 Å². The Morgan fingerprint density at radius 3 is 2.64 bits per heavy atom. The SMILES string of the molecule is CCCOc1cccn(CC(=O)OCc2ccccc2)c1=O. The lowest BCUT2D eigenvalue weighted by atomic mass is 10.2. The second-order valence-electron chi connectivity index (χ2n) is 4.80. The molecule has 2 aromatic rings. The smallest absolute Gasteiger partial charge is 0.326 e. The van der Waals surface area contributed by atoms with Gasteiger partial charge in [-0.05, 0) is 24.1 Å². The molecule has 0 unspecified atom stereocenters. The van der Waals surface area contributed by atoms with Gasteiger partial charge in [0.15, 0.2) is 5.75 Å². The van der Waals surface area contributed by atoms with E-state index in [4.69, 9.17) is 9.47 Å². The Hall–Kier alpha value is -2.56. The number of ether oxygens (including phenoxy) is 2. The van der Waals surface area contributed by atoms with E-state index in [-0.39, 0.29) is 24.5 Å². The molecule has 0 saturated heterocycles. The number of esters is 1. The summed E-state index contributed by atoms with van der Waals surface area (Å²) in [7, 11) is 0. The van der Waals surface area contributed by atoms with E-state index in [1.165, 1.54) is 4.57 Å². The molecule has 22 heavy (non-hydrogen) atoms. The summed E-state index contributed by atoms with van der Waals surface area (Å²) < 4.78 is 11.8. The van der Waals surface area contributed by atoms with Crippen molar-refractivity contribution in [2.75, 3.05) is 6.61 Å². The molecule has 0 fully saturated rings. The normalized spacial score (nSPS) is 10.2. The van der Waals surface area contributed by atoms with Crippen molar-refractivity contribution in [3.05, 3.63) is 64.6 Å². The predicted octanol–water partition coefficient (Wildman–Crippen LogP) is 2.38. The van der Waals surface area contributed by atoms with Crippen molar-refractivity contribution in [2.45, 2.75) is 26.5 Å². The number of carbonyl (C=O) groups excluding carboxylic acids is 1. The average molecular weight is 301 g/mol. The van der Waals surface area contributed by atoms with Crippen LogP contribution in [-0.4, -0.2) is 17.1 Å². The molecule has 1 aromatic carbocycles. The van der Waals surface area contributed by atoms with E-state index in [9.17, 15) is 9.59 Å². The summed E-state index contributed by atoms with van der Waals surface area (Å²) in [5.74, 6) is -0.209. The second-order valence-corrected chi connectivity index (χ2v) is 4.80. The number of hydrogen-bond acceptors (Lipinski definition) is 4. The van der Waals surface area contributed by atoms with Crippen LogP contribution in [0, 0.1) is 0 Å². The number of rotatable bonds is 7. The highest BCUT2D eigenvalue weighted by Crippen LogP contribution is 2.04. The minimum Gasteiger partial charge on any atom is -0.488 e. The fraction of sp³-hybridized carbons (Fsp3) is 0.294. The van der Waals surface area contributed by atoms with Gasteiger partial charge in [0.2, 0.25) is 0 Å². The first-order valence-electron chi connectivity index (χ1n) is 7.22. The third-order valence-corrected chi connectivity index (χ3v) is 2.99. The Morgan fingerprint density at radius 2 is 1.91 bits per heavy atom. The lowest BCUT2D eigenvalue weighted by Crippen LogP contribution is -2.26. The van der Waals surface area contributed by atoms with Crippen LogP contribution in [0.15, 0.2) is 53.5 Å². The van der Waals surface area contributed by atoms with Crippen LogP contribution in [0.1, 0.15) is 18.9 Å². The number of nitrogens with zero attached hydrogens (tertiary/aromatic N) is 1. The third-order valence-electron chi connectivity index (χ3n) is 2.99. The van der Waals surface area contributed by atoms with E-state index in [1.807, 2.05) is 37.3 Å². The summed E-state index contributed by atoms with van der Waals surface area (Å²) in [5, 5.41) is 0. The first kappa shape index (κ1) is 15.8. The maximum absolute atomic E-state index is 12.1. The van der Waals surface area contributed by atoms with Gasteiger partial charge in [0, 0.05) is 6.20 Å². The molecule has 1 aromatic heterocycles. The number of aromatic nitrogens is 1. The zero-order valence-corrected chi connectivity index (χ0v) is 12.5. The fourth-order valence-electron chi connectivity index (χ4n) is 1.88. The van der Waals surface area contributed by atoms with E-state index in [0.717, 1.165) is 12.0 Å². The van der Waals surface area contributed by atoms with Gasteiger partial charge >= 0.3 is 5.97 Å². The van der Waals surface area contributed by atoms with Crippen LogP contribution in [-0.2, 0) is 22.7 Å². The highest BCUT2D eigenvalue weighted by atomic mass is 16.5. The molecule has 116 valence electrons. The van der Waals surface area contributed by atoms with Crippen molar-refractivity contribution >= 4 is 5.97 Å². The molecule has 0 bridgehead atoms. The topological polar surface area (TPSA) is 57.5 Å². The monoisotopic (exact) mass is 301 g/mol. The number of carbonyl (C=O) groups is 1. The highest BCUT2D eigenvalue weighted by Gasteiger charge is 2.09. The number of pyridine rings is 1. The molecule has 0 spiro atoms. The van der Waals surface area contributed by atoms with Crippen molar-refractivity contribution in [1.29, 1.82) is 0 Å². The van der Waals surface area contributed by atoms with E-state index < -0.39 is 5.97 Å². The summed E-state index contributed by atoms with van der Waals surface area (Å²) in [6.07, 6.45) is 2.36. The largest absolute Gasteiger partial charge is 0.488 e. The summed E-state index contributed by atoms with van der Waals surface area (Å²) in [4.78, 5) is 24.0. The quantitative estimate of drug-likeness (QED) is 0.737. The minimum absolute atomic E-state index is 0.130. The van der Waals surface area contributed by atoms with Gasteiger partial charge in [0.25, 0.3) is 5.56 Å². The van der Waals surface area contributed by atoms with Crippen LogP contribution < -0.4 is 10.3 Å². The molecule has 2 rings (SSSR count). The molecule has 0 atom stereocenters. The molecule has 0 aliphatic rings. The Balaban J connectivity index is 1.95. The maximum atomic E-state index is 12.1. The van der Waals surface area contributed by atoms with Gasteiger partial charge in [-0.1, -0.05) is 37.3 Å². The summed E-state index contributed by atoms with van der Waals surface area (Å²) in [6.45, 7) is 2.50. The summed E-state index contributed by atoms with van der Waals surface area (Å²) >= 11 is 0. The minimum atomic E-state index is -0.460. The first-order valence-corrected chi connectivity index (χ1v) is 7.22. The average Bonchev–Trinajstić information content (AvgIpc) is 2.55. The zero-order valence-electron chi connectivity index (χ0n) is 12.5. The van der Waals surface area contributed by atoms with Crippen molar-refractivity contribution in [3.63, 3.8) is 0 Å². The molecule has 0 aliphatic heterocycles. The van der Waals surface area contributed by atoms with Crippen LogP contribution in [0.25, 0.3) is 0 Å². The van der Waals surface area contributed by atoms with Crippen molar-refractivity contribution in [1.82, 2.24) is 4.57 Å². The number of hydrogen-bond donors (Lipinski definition) is 0. The van der Waals surface area contributed by atoms with Gasteiger partial charge in [-0.2, -0.15) is 0 Å². The predicted molar refractivity (Wildman–Crippen MR) is 82.7 cm³/mol. The molecule has 5 nitrogen and oxygen atoms in total. The summed E-state index contributed by atoms with van der Waals surface area (Å²) in [6, 6.07) is 12.7. The first-order chi connectivity index (χ1) is 10.7. The van der Waals surface area contributed by atoms with Crippen molar-refractivity contribution < 1.29 is 14.3 Å². The Bertz CT molecular complexity index is 664. The third kappa shape index (κ3) is 4.48. The molecule has 5 heteroatoms. The van der Waals surface area contributed by atoms with Crippen LogP contribution in [0.5, 0.6) is 5.75 Å². The van der Waals surface area contributed by atoms with Crippen LogP contribution in [0.4, 0.5) is 0 Å². The molecular formula is C17H19NO4. The molecule has 0 N–H and O–H groups in total. The highest BCUT2D eigenvalue weighted by molar-refractivity contribution is 5.69. The van der Waals surface area contributed by atoms with Gasteiger partial charge < -0.3 is 14.0 Å². The fourth-order valence-corrected chi connectivity index (χ4v) is 1.88. The van der Waals surface area contributed by atoms with Crippen LogP contribution in [0.2, 0.25) is 0 Å². The molecule has 1 heterocycles. The van der Waals surface area contributed by atoms with Crippen LogP contribution in [0.3, 0.4) is 0 Å². The van der Waals surface area contributed by atoms with Gasteiger partial charge in [-0.25, -0.2) is 0 Å². The van der Waals surface area contributed by atoms with E-state index in [2.05, 4.69) is 0 Å². The van der Waals surface area contributed by atoms with E-state index in [1.54, 1.807) is 18.3 Å². The lowest BCUT2D eigenvalue weighted by Gasteiger charge is -2.09. The van der Waals surface area contributed by atoms with Crippen molar-refractivity contribution in [2.24, 2.45) is 0 Å². The van der Waals surface area contributed by atoms with E-state index >= 15 is 0 Å². The molecule has 0 saturated carbocycles. The van der Waals surface area contributed by atoms with Gasteiger partial charge in [-0.15, -0.1) is 0 Å². The number of benzene rings is 1. The molecular weight excluding hydrogens is 282 g/mol. The van der Waals surface area contributed by atoms with Gasteiger partial charge in [0.1, 0.15) is 13.2 Å². The molecule has 0 amide bonds. The van der Waals surface area contributed by atoms with Gasteiger partial charge in [0.05, 0.1) is 6.61 Å². The summed E-state index contributed by atoms with van der Waals surface area (Å²) in [5.41, 5.74) is 0.579. The second kappa shape index (κ2) is 8.02. The van der Waals surface area contributed by atoms with E-state index in [0.29, 0.717) is 6.61 Å². The zero-order chi connectivity index (χ0) is 15.8. The Labute approximate surface area is 129 Å².